The van der Waals surface area contributed by atoms with Gasteiger partial charge in [-0.15, -0.1) is 0 Å². The van der Waals surface area contributed by atoms with Crippen LogP contribution in [0.3, 0.4) is 0 Å². The summed E-state index contributed by atoms with van der Waals surface area (Å²) in [6, 6.07) is 8.71. The van der Waals surface area contributed by atoms with Crippen LogP contribution in [0.2, 0.25) is 0 Å². The molecule has 0 saturated carbocycles. The van der Waals surface area contributed by atoms with Gasteiger partial charge in [0.05, 0.1) is 0 Å². The van der Waals surface area contributed by atoms with E-state index in [1.807, 2.05) is 7.05 Å². The van der Waals surface area contributed by atoms with Crippen LogP contribution in [-0.2, 0) is 6.54 Å². The van der Waals surface area contributed by atoms with Gasteiger partial charge < -0.3 is 15.1 Å². The maximum atomic E-state index is 3.15. The Bertz CT molecular complexity index is 361. The molecule has 0 radical (unpaired) electrons. The van der Waals surface area contributed by atoms with Crippen molar-refractivity contribution in [2.45, 2.75) is 13.0 Å². The number of benzene rings is 1. The zero-order valence-electron chi connectivity index (χ0n) is 11.8. The summed E-state index contributed by atoms with van der Waals surface area (Å²) in [5.41, 5.74) is 2.57. The van der Waals surface area contributed by atoms with Gasteiger partial charge in [0.15, 0.2) is 0 Å². The highest BCUT2D eigenvalue weighted by Crippen LogP contribution is 2.16. The Morgan fingerprint density at radius 2 is 2.06 bits per heavy atom. The molecule has 1 unspecified atom stereocenters. The molecular formula is C15H25N3. The molecule has 1 heterocycles. The fraction of sp³-hybridized carbons (Fsp3) is 0.600. The van der Waals surface area contributed by atoms with Crippen LogP contribution in [-0.4, -0.2) is 50.6 Å². The SMILES string of the molecule is CNc1ccc(CN(C)CC2CCN(C)C2)cc1. The molecule has 2 rings (SSSR count). The first-order chi connectivity index (χ1) is 8.67. The molecule has 1 aliphatic heterocycles. The van der Waals surface area contributed by atoms with E-state index in [9.17, 15) is 0 Å². The number of nitrogens with one attached hydrogen (secondary N) is 1. The average Bonchev–Trinajstić information content (AvgIpc) is 2.75. The van der Waals surface area contributed by atoms with Gasteiger partial charge in [-0.05, 0) is 50.7 Å². The second kappa shape index (κ2) is 6.21. The lowest BCUT2D eigenvalue weighted by molar-refractivity contribution is 0.267. The number of hydrogen-bond donors (Lipinski definition) is 1. The molecule has 1 saturated heterocycles. The first kappa shape index (κ1) is 13.4. The van der Waals surface area contributed by atoms with Crippen LogP contribution >= 0.6 is 0 Å². The minimum absolute atomic E-state index is 0.844. The quantitative estimate of drug-likeness (QED) is 0.860. The maximum absolute atomic E-state index is 3.15. The van der Waals surface area contributed by atoms with E-state index in [4.69, 9.17) is 0 Å². The third kappa shape index (κ3) is 3.72. The summed E-state index contributed by atoms with van der Waals surface area (Å²) in [7, 11) is 6.40. The van der Waals surface area contributed by atoms with Gasteiger partial charge in [0.25, 0.3) is 0 Å². The molecule has 0 amide bonds. The summed E-state index contributed by atoms with van der Waals surface area (Å²) in [5, 5.41) is 3.15. The van der Waals surface area contributed by atoms with Gasteiger partial charge in [-0.1, -0.05) is 12.1 Å². The molecule has 0 spiro atoms. The van der Waals surface area contributed by atoms with Gasteiger partial charge in [-0.2, -0.15) is 0 Å². The summed E-state index contributed by atoms with van der Waals surface area (Å²) in [6.45, 7) is 4.76. The second-order valence-electron chi connectivity index (χ2n) is 5.56. The van der Waals surface area contributed by atoms with Crippen molar-refractivity contribution in [2.24, 2.45) is 5.92 Å². The van der Waals surface area contributed by atoms with Crippen LogP contribution in [0.15, 0.2) is 24.3 Å². The zero-order valence-corrected chi connectivity index (χ0v) is 11.8. The third-order valence-electron chi connectivity index (χ3n) is 3.75. The van der Waals surface area contributed by atoms with Crippen molar-refractivity contribution in [3.05, 3.63) is 29.8 Å². The number of likely N-dealkylation sites (tertiary alicyclic amines) is 1. The number of hydrogen-bond acceptors (Lipinski definition) is 3. The number of rotatable bonds is 5. The molecule has 1 aromatic carbocycles. The van der Waals surface area contributed by atoms with E-state index >= 15 is 0 Å². The highest BCUT2D eigenvalue weighted by Gasteiger charge is 2.20. The molecule has 18 heavy (non-hydrogen) atoms. The predicted octanol–water partition coefficient (Wildman–Crippen LogP) is 2.11. The molecule has 3 nitrogen and oxygen atoms in total. The first-order valence-corrected chi connectivity index (χ1v) is 6.81. The highest BCUT2D eigenvalue weighted by atomic mass is 15.1. The highest BCUT2D eigenvalue weighted by molar-refractivity contribution is 5.43. The largest absolute Gasteiger partial charge is 0.388 e. The van der Waals surface area contributed by atoms with Gasteiger partial charge in [0.1, 0.15) is 0 Å². The van der Waals surface area contributed by atoms with E-state index in [1.54, 1.807) is 0 Å². The molecule has 0 aromatic heterocycles. The topological polar surface area (TPSA) is 18.5 Å². The fourth-order valence-electron chi connectivity index (χ4n) is 2.77. The fourth-order valence-corrected chi connectivity index (χ4v) is 2.77. The molecule has 0 bridgehead atoms. The third-order valence-corrected chi connectivity index (χ3v) is 3.75. The van der Waals surface area contributed by atoms with Crippen LogP contribution in [0.25, 0.3) is 0 Å². The van der Waals surface area contributed by atoms with Crippen LogP contribution in [0, 0.1) is 5.92 Å². The minimum atomic E-state index is 0.844. The predicted molar refractivity (Wildman–Crippen MR) is 77.9 cm³/mol. The van der Waals surface area contributed by atoms with Crippen molar-refractivity contribution in [3.63, 3.8) is 0 Å². The Hall–Kier alpha value is -1.06. The molecule has 1 aromatic rings. The van der Waals surface area contributed by atoms with Crippen LogP contribution < -0.4 is 5.32 Å². The van der Waals surface area contributed by atoms with Crippen molar-refractivity contribution >= 4 is 5.69 Å². The minimum Gasteiger partial charge on any atom is -0.388 e. The molecule has 100 valence electrons. The lowest BCUT2D eigenvalue weighted by Gasteiger charge is -2.21. The maximum Gasteiger partial charge on any atom is 0.0337 e. The van der Waals surface area contributed by atoms with E-state index in [0.29, 0.717) is 0 Å². The van der Waals surface area contributed by atoms with E-state index in [2.05, 4.69) is 53.5 Å². The Balaban J connectivity index is 1.80. The van der Waals surface area contributed by atoms with Crippen LogP contribution in [0.5, 0.6) is 0 Å². The van der Waals surface area contributed by atoms with Crippen molar-refractivity contribution in [2.75, 3.05) is 46.1 Å². The Labute approximate surface area is 111 Å². The summed E-state index contributed by atoms with van der Waals surface area (Å²) < 4.78 is 0. The standard InChI is InChI=1S/C15H25N3/c1-16-15-6-4-13(5-7-15)10-18(3)12-14-8-9-17(2)11-14/h4-7,14,16H,8-12H2,1-3H3. The lowest BCUT2D eigenvalue weighted by Crippen LogP contribution is -2.27. The van der Waals surface area contributed by atoms with Gasteiger partial charge in [-0.25, -0.2) is 0 Å². The van der Waals surface area contributed by atoms with Gasteiger partial charge in [-0.3, -0.25) is 0 Å². The summed E-state index contributed by atoms with van der Waals surface area (Å²) in [4.78, 5) is 4.87. The van der Waals surface area contributed by atoms with Gasteiger partial charge >= 0.3 is 0 Å². The molecule has 1 aliphatic rings. The van der Waals surface area contributed by atoms with E-state index in [1.165, 1.54) is 37.3 Å². The van der Waals surface area contributed by atoms with Crippen molar-refractivity contribution in [1.29, 1.82) is 0 Å². The molecule has 0 aliphatic carbocycles. The van der Waals surface area contributed by atoms with Crippen molar-refractivity contribution in [3.8, 4) is 0 Å². The summed E-state index contributed by atoms with van der Waals surface area (Å²) in [6.07, 6.45) is 1.35. The Morgan fingerprint density at radius 3 is 2.61 bits per heavy atom. The lowest BCUT2D eigenvalue weighted by atomic mass is 10.1. The van der Waals surface area contributed by atoms with Gasteiger partial charge in [0.2, 0.25) is 0 Å². The second-order valence-corrected chi connectivity index (χ2v) is 5.56. The zero-order chi connectivity index (χ0) is 13.0. The smallest absolute Gasteiger partial charge is 0.0337 e. The van der Waals surface area contributed by atoms with E-state index < -0.39 is 0 Å². The molecule has 1 atom stereocenters. The summed E-state index contributed by atoms with van der Waals surface area (Å²) >= 11 is 0. The first-order valence-electron chi connectivity index (χ1n) is 6.81. The monoisotopic (exact) mass is 247 g/mol. The van der Waals surface area contributed by atoms with E-state index in [-0.39, 0.29) is 0 Å². The van der Waals surface area contributed by atoms with Gasteiger partial charge in [0, 0.05) is 32.4 Å². The summed E-state index contributed by atoms with van der Waals surface area (Å²) in [5.74, 6) is 0.844. The molecule has 1 fully saturated rings. The molecule has 1 N–H and O–H groups in total. The van der Waals surface area contributed by atoms with E-state index in [0.717, 1.165) is 12.5 Å². The van der Waals surface area contributed by atoms with Crippen LogP contribution in [0.1, 0.15) is 12.0 Å². The normalized spacial score (nSPS) is 20.6. The Morgan fingerprint density at radius 1 is 1.33 bits per heavy atom. The average molecular weight is 247 g/mol. The number of anilines is 1. The van der Waals surface area contributed by atoms with Crippen molar-refractivity contribution < 1.29 is 0 Å². The molecule has 3 heteroatoms. The van der Waals surface area contributed by atoms with Crippen LogP contribution in [0.4, 0.5) is 5.69 Å². The molecular weight excluding hydrogens is 222 g/mol. The Kier molecular flexibility index (Phi) is 4.61. The van der Waals surface area contributed by atoms with Crippen molar-refractivity contribution in [1.82, 2.24) is 9.80 Å². The number of nitrogens with zero attached hydrogens (tertiary/aromatic N) is 2.